The van der Waals surface area contributed by atoms with E-state index in [2.05, 4.69) is 10.0 Å². The van der Waals surface area contributed by atoms with Gasteiger partial charge in [0.05, 0.1) is 26.9 Å². The molecule has 0 atom stereocenters. The van der Waals surface area contributed by atoms with Gasteiger partial charge in [0.1, 0.15) is 0 Å². The van der Waals surface area contributed by atoms with Gasteiger partial charge in [-0.3, -0.25) is 9.59 Å². The van der Waals surface area contributed by atoms with Crippen LogP contribution in [0.3, 0.4) is 0 Å². The molecule has 7 nitrogen and oxygen atoms in total. The first-order chi connectivity index (χ1) is 13.7. The van der Waals surface area contributed by atoms with E-state index < -0.39 is 15.9 Å². The number of carbonyl (C=O) groups excluding carboxylic acids is 2. The summed E-state index contributed by atoms with van der Waals surface area (Å²) in [6, 6.07) is 10.6. The monoisotopic (exact) mass is 435 g/mol. The second kappa shape index (κ2) is 8.52. The highest BCUT2D eigenvalue weighted by atomic mass is 35.5. The fourth-order valence-electron chi connectivity index (χ4n) is 3.13. The molecule has 0 aromatic heterocycles. The zero-order chi connectivity index (χ0) is 21.2. The second-order valence-corrected chi connectivity index (χ2v) is 9.16. The predicted octanol–water partition coefficient (Wildman–Crippen LogP) is 3.41. The largest absolute Gasteiger partial charge is 0.320 e. The summed E-state index contributed by atoms with van der Waals surface area (Å²) in [6.07, 6.45) is 1.23. The molecule has 1 heterocycles. The number of rotatable bonds is 6. The molecule has 1 aliphatic rings. The molecular weight excluding hydrogens is 414 g/mol. The van der Waals surface area contributed by atoms with Crippen molar-refractivity contribution in [3.05, 3.63) is 53.1 Å². The lowest BCUT2D eigenvalue weighted by Gasteiger charge is -2.20. The van der Waals surface area contributed by atoms with Crippen LogP contribution in [0.5, 0.6) is 0 Å². The minimum Gasteiger partial charge on any atom is -0.320 e. The Labute approximate surface area is 175 Å². The van der Waals surface area contributed by atoms with Crippen LogP contribution in [0.2, 0.25) is 5.02 Å². The lowest BCUT2D eigenvalue weighted by Crippen LogP contribution is -2.30. The van der Waals surface area contributed by atoms with Crippen molar-refractivity contribution in [1.82, 2.24) is 4.72 Å². The van der Waals surface area contributed by atoms with Crippen molar-refractivity contribution in [2.75, 3.05) is 16.8 Å². The number of hydrogen-bond acceptors (Lipinski definition) is 4. The molecule has 1 aliphatic heterocycles. The summed E-state index contributed by atoms with van der Waals surface area (Å²) < 4.78 is 27.3. The lowest BCUT2D eigenvalue weighted by atomic mass is 10.2. The van der Waals surface area contributed by atoms with Crippen molar-refractivity contribution in [2.45, 2.75) is 37.6 Å². The third-order valence-corrected chi connectivity index (χ3v) is 6.39. The van der Waals surface area contributed by atoms with E-state index in [9.17, 15) is 18.0 Å². The number of para-hydroxylation sites is 2. The number of hydrogen-bond donors (Lipinski definition) is 2. The van der Waals surface area contributed by atoms with Gasteiger partial charge in [-0.2, -0.15) is 0 Å². The highest BCUT2D eigenvalue weighted by Gasteiger charge is 2.25. The SMILES string of the molecule is CC(C)NS(=O)(=O)c1ccc(Cl)c(C(=O)Nc2ccccc2N2CCCC2=O)c1. The molecule has 0 unspecified atom stereocenters. The van der Waals surface area contributed by atoms with E-state index in [4.69, 9.17) is 11.6 Å². The summed E-state index contributed by atoms with van der Waals surface area (Å²) in [5, 5.41) is 2.88. The van der Waals surface area contributed by atoms with Crippen molar-refractivity contribution in [3.63, 3.8) is 0 Å². The van der Waals surface area contributed by atoms with Crippen LogP contribution in [0, 0.1) is 0 Å². The molecule has 2 N–H and O–H groups in total. The molecule has 29 heavy (non-hydrogen) atoms. The standard InChI is InChI=1S/C20H22ClN3O4S/c1-13(2)23-29(27,28)14-9-10-16(21)15(12-14)20(26)22-17-6-3-4-7-18(17)24-11-5-8-19(24)25/h3-4,6-7,9-10,12-13,23H,5,8,11H2,1-2H3,(H,22,26). The number of nitrogens with one attached hydrogen (secondary N) is 2. The summed E-state index contributed by atoms with van der Waals surface area (Å²) in [6.45, 7) is 4.00. The molecule has 1 saturated heterocycles. The Kier molecular flexibility index (Phi) is 6.26. The van der Waals surface area contributed by atoms with Gasteiger partial charge in [-0.25, -0.2) is 13.1 Å². The van der Waals surface area contributed by atoms with Gasteiger partial charge in [0.25, 0.3) is 5.91 Å². The van der Waals surface area contributed by atoms with Crippen LogP contribution in [0.15, 0.2) is 47.4 Å². The van der Waals surface area contributed by atoms with Gasteiger partial charge in [0.15, 0.2) is 0 Å². The van der Waals surface area contributed by atoms with E-state index in [0.717, 1.165) is 6.42 Å². The number of amides is 2. The van der Waals surface area contributed by atoms with Crippen LogP contribution in [0.4, 0.5) is 11.4 Å². The molecule has 3 rings (SSSR count). The van der Waals surface area contributed by atoms with Gasteiger partial charge < -0.3 is 10.2 Å². The summed E-state index contributed by atoms with van der Waals surface area (Å²) in [5.41, 5.74) is 1.09. The van der Waals surface area contributed by atoms with Crippen molar-refractivity contribution < 1.29 is 18.0 Å². The quantitative estimate of drug-likeness (QED) is 0.726. The van der Waals surface area contributed by atoms with E-state index in [1.54, 1.807) is 43.0 Å². The van der Waals surface area contributed by atoms with E-state index in [1.807, 2.05) is 0 Å². The van der Waals surface area contributed by atoms with Crippen molar-refractivity contribution >= 4 is 44.8 Å². The van der Waals surface area contributed by atoms with Crippen LogP contribution in [-0.2, 0) is 14.8 Å². The van der Waals surface area contributed by atoms with Crippen LogP contribution in [0.25, 0.3) is 0 Å². The molecule has 2 aromatic carbocycles. The zero-order valence-electron chi connectivity index (χ0n) is 16.1. The molecule has 0 saturated carbocycles. The number of sulfonamides is 1. The van der Waals surface area contributed by atoms with E-state index in [0.29, 0.717) is 24.3 Å². The predicted molar refractivity (Wildman–Crippen MR) is 113 cm³/mol. The molecule has 0 bridgehead atoms. The van der Waals surface area contributed by atoms with Gasteiger partial charge in [0, 0.05) is 19.0 Å². The lowest BCUT2D eigenvalue weighted by molar-refractivity contribution is -0.117. The maximum atomic E-state index is 12.9. The summed E-state index contributed by atoms with van der Waals surface area (Å²) in [5.74, 6) is -0.562. The Bertz CT molecular complexity index is 1050. The summed E-state index contributed by atoms with van der Waals surface area (Å²) >= 11 is 6.16. The number of carbonyl (C=O) groups is 2. The number of halogens is 1. The Hall–Kier alpha value is -2.42. The Morgan fingerprint density at radius 1 is 1.17 bits per heavy atom. The molecule has 0 aliphatic carbocycles. The molecule has 2 aromatic rings. The first-order valence-corrected chi connectivity index (χ1v) is 11.1. The molecule has 9 heteroatoms. The van der Waals surface area contributed by atoms with Gasteiger partial charge >= 0.3 is 0 Å². The number of nitrogens with zero attached hydrogens (tertiary/aromatic N) is 1. The maximum Gasteiger partial charge on any atom is 0.257 e. The minimum atomic E-state index is -3.78. The Morgan fingerprint density at radius 2 is 1.90 bits per heavy atom. The van der Waals surface area contributed by atoms with E-state index in [-0.39, 0.29) is 27.4 Å². The number of anilines is 2. The van der Waals surface area contributed by atoms with Crippen molar-refractivity contribution in [3.8, 4) is 0 Å². The van der Waals surface area contributed by atoms with Gasteiger partial charge in [-0.1, -0.05) is 23.7 Å². The topological polar surface area (TPSA) is 95.6 Å². The fraction of sp³-hybridized carbons (Fsp3) is 0.300. The average molecular weight is 436 g/mol. The Balaban J connectivity index is 1.91. The van der Waals surface area contributed by atoms with Crippen LogP contribution >= 0.6 is 11.6 Å². The van der Waals surface area contributed by atoms with Gasteiger partial charge in [-0.15, -0.1) is 0 Å². The number of benzene rings is 2. The average Bonchev–Trinajstić information content (AvgIpc) is 3.07. The molecule has 154 valence electrons. The van der Waals surface area contributed by atoms with Crippen LogP contribution < -0.4 is 14.9 Å². The van der Waals surface area contributed by atoms with Crippen LogP contribution in [-0.4, -0.2) is 32.8 Å². The van der Waals surface area contributed by atoms with E-state index in [1.165, 1.54) is 18.2 Å². The van der Waals surface area contributed by atoms with E-state index >= 15 is 0 Å². The Morgan fingerprint density at radius 3 is 2.55 bits per heavy atom. The zero-order valence-corrected chi connectivity index (χ0v) is 17.7. The third-order valence-electron chi connectivity index (χ3n) is 4.40. The normalized spacial score (nSPS) is 14.5. The van der Waals surface area contributed by atoms with Crippen molar-refractivity contribution in [2.24, 2.45) is 0 Å². The fourth-order valence-corrected chi connectivity index (χ4v) is 4.61. The highest BCUT2D eigenvalue weighted by Crippen LogP contribution is 2.30. The smallest absolute Gasteiger partial charge is 0.257 e. The van der Waals surface area contributed by atoms with Gasteiger partial charge in [-0.05, 0) is 50.6 Å². The van der Waals surface area contributed by atoms with Crippen LogP contribution in [0.1, 0.15) is 37.0 Å². The third kappa shape index (κ3) is 4.77. The first-order valence-electron chi connectivity index (χ1n) is 9.21. The summed E-state index contributed by atoms with van der Waals surface area (Å²) in [4.78, 5) is 26.5. The van der Waals surface area contributed by atoms with Crippen molar-refractivity contribution in [1.29, 1.82) is 0 Å². The maximum absolute atomic E-state index is 12.9. The summed E-state index contributed by atoms with van der Waals surface area (Å²) in [7, 11) is -3.78. The molecule has 0 radical (unpaired) electrons. The molecule has 0 spiro atoms. The first kappa shape index (κ1) is 21.3. The molecule has 1 fully saturated rings. The highest BCUT2D eigenvalue weighted by molar-refractivity contribution is 7.89. The minimum absolute atomic E-state index is 0.00224. The molecule has 2 amide bonds. The van der Waals surface area contributed by atoms with Gasteiger partial charge in [0.2, 0.25) is 15.9 Å². The second-order valence-electron chi connectivity index (χ2n) is 7.04. The molecular formula is C20H22ClN3O4S.